The van der Waals surface area contributed by atoms with Crippen LogP contribution in [0.3, 0.4) is 0 Å². The van der Waals surface area contributed by atoms with E-state index in [4.69, 9.17) is 16.6 Å². The molecule has 0 aromatic carbocycles. The van der Waals surface area contributed by atoms with Crippen LogP contribution in [0.15, 0.2) is 61.6 Å². The lowest BCUT2D eigenvalue weighted by molar-refractivity contribution is 0.0982. The van der Waals surface area contributed by atoms with Crippen molar-refractivity contribution in [2.75, 3.05) is 6.61 Å². The molecule has 0 unspecified atom stereocenters. The highest BCUT2D eigenvalue weighted by Gasteiger charge is 2.45. The summed E-state index contributed by atoms with van der Waals surface area (Å²) in [6.07, 6.45) is 13.7. The first-order chi connectivity index (χ1) is 16.5. The maximum absolute atomic E-state index is 12.8. The number of rotatable bonds is 8. The number of hydrogen-bond donors (Lipinski definition) is 1. The van der Waals surface area contributed by atoms with E-state index >= 15 is 0 Å². The number of fused-ring (bicyclic) bond motifs is 2. The number of imidazole rings is 2. The Balaban J connectivity index is 1.16. The molecule has 1 aliphatic carbocycles. The summed E-state index contributed by atoms with van der Waals surface area (Å²) in [4.78, 5) is 22.0. The molecule has 5 aromatic heterocycles. The quantitative estimate of drug-likeness (QED) is 0.346. The number of ketones is 1. The van der Waals surface area contributed by atoms with Crippen LogP contribution in [-0.4, -0.2) is 46.0 Å². The van der Waals surface area contributed by atoms with E-state index in [9.17, 15) is 9.90 Å². The Bertz CT molecular complexity index is 1530. The molecule has 0 bridgehead atoms. The number of aliphatic hydroxyl groups is 1. The zero-order valence-corrected chi connectivity index (χ0v) is 19.2. The van der Waals surface area contributed by atoms with Crippen LogP contribution < -0.4 is 0 Å². The average molecular weight is 475 g/mol. The molecule has 0 saturated heterocycles. The van der Waals surface area contributed by atoms with Gasteiger partial charge in [0, 0.05) is 47.2 Å². The molecule has 5 aromatic rings. The van der Waals surface area contributed by atoms with E-state index < -0.39 is 0 Å². The van der Waals surface area contributed by atoms with Gasteiger partial charge in [0.25, 0.3) is 0 Å². The van der Waals surface area contributed by atoms with E-state index in [-0.39, 0.29) is 17.8 Å². The minimum atomic E-state index is -0.151. The zero-order chi connectivity index (χ0) is 23.3. The molecular formula is C25H23ClN6O2. The van der Waals surface area contributed by atoms with Crippen LogP contribution in [-0.2, 0) is 18.4 Å². The first-order valence-electron chi connectivity index (χ1n) is 11.3. The molecule has 34 heavy (non-hydrogen) atoms. The van der Waals surface area contributed by atoms with Gasteiger partial charge in [0.1, 0.15) is 5.65 Å². The summed E-state index contributed by atoms with van der Waals surface area (Å²) in [7, 11) is 0. The fourth-order valence-corrected chi connectivity index (χ4v) is 4.72. The minimum absolute atomic E-state index is 0.0188. The molecule has 6 rings (SSSR count). The summed E-state index contributed by atoms with van der Waals surface area (Å²) in [5.41, 5.74) is 5.00. The fraction of sp³-hybridized carbons (Fsp3) is 0.280. The molecule has 0 radical (unpaired) electrons. The monoisotopic (exact) mass is 474 g/mol. The lowest BCUT2D eigenvalue weighted by atomic mass is 9.98. The molecule has 1 fully saturated rings. The highest BCUT2D eigenvalue weighted by atomic mass is 35.5. The van der Waals surface area contributed by atoms with Crippen molar-refractivity contribution in [2.24, 2.45) is 0 Å². The Morgan fingerprint density at radius 1 is 1.18 bits per heavy atom. The van der Waals surface area contributed by atoms with E-state index in [1.165, 1.54) is 0 Å². The van der Waals surface area contributed by atoms with Crippen molar-refractivity contribution in [1.82, 2.24) is 28.5 Å². The van der Waals surface area contributed by atoms with Crippen molar-refractivity contribution >= 4 is 28.5 Å². The molecule has 5 heterocycles. The van der Waals surface area contributed by atoms with Gasteiger partial charge >= 0.3 is 0 Å². The molecule has 1 saturated carbocycles. The third kappa shape index (κ3) is 3.69. The first kappa shape index (κ1) is 21.1. The predicted octanol–water partition coefficient (Wildman–Crippen LogP) is 3.72. The summed E-state index contributed by atoms with van der Waals surface area (Å²) in [5.74, 6) is 0.0188. The Kier molecular flexibility index (Phi) is 5.00. The van der Waals surface area contributed by atoms with E-state index in [1.807, 2.05) is 39.5 Å². The topological polar surface area (TPSA) is 89.7 Å². The van der Waals surface area contributed by atoms with Crippen LogP contribution in [0.5, 0.6) is 0 Å². The number of Topliss-reactive ketones (excluding diaryl/α,β-unsaturated/α-hetero) is 1. The Labute approximate surface area is 200 Å². The third-order valence-electron chi connectivity index (χ3n) is 6.71. The van der Waals surface area contributed by atoms with Gasteiger partial charge in [-0.25, -0.2) is 9.97 Å². The summed E-state index contributed by atoms with van der Waals surface area (Å²) in [6, 6.07) is 7.71. The lowest BCUT2D eigenvalue weighted by Gasteiger charge is -2.12. The molecule has 0 spiro atoms. The lowest BCUT2D eigenvalue weighted by Crippen LogP contribution is -2.13. The number of aromatic nitrogens is 6. The Morgan fingerprint density at radius 3 is 2.88 bits per heavy atom. The van der Waals surface area contributed by atoms with Crippen LogP contribution in [0.25, 0.3) is 11.2 Å². The van der Waals surface area contributed by atoms with Gasteiger partial charge in [0.2, 0.25) is 0 Å². The summed E-state index contributed by atoms with van der Waals surface area (Å²) in [6.45, 7) is 0.603. The second kappa shape index (κ2) is 8.07. The van der Waals surface area contributed by atoms with Crippen molar-refractivity contribution in [1.29, 1.82) is 0 Å². The molecule has 1 N–H and O–H groups in total. The van der Waals surface area contributed by atoms with Gasteiger partial charge in [-0.3, -0.25) is 9.48 Å². The number of aliphatic hydroxyl groups excluding tert-OH is 1. The maximum Gasteiger partial charge on any atom is 0.166 e. The highest BCUT2D eigenvalue weighted by molar-refractivity contribution is 6.30. The first-order valence-corrected chi connectivity index (χ1v) is 11.7. The van der Waals surface area contributed by atoms with Crippen molar-refractivity contribution < 1.29 is 9.90 Å². The van der Waals surface area contributed by atoms with E-state index in [1.54, 1.807) is 29.5 Å². The van der Waals surface area contributed by atoms with Gasteiger partial charge < -0.3 is 13.9 Å². The number of pyridine rings is 2. The molecule has 8 nitrogen and oxygen atoms in total. The normalized spacial score (nSPS) is 14.8. The number of carbonyl (C=O) groups excluding carboxylic acids is 1. The van der Waals surface area contributed by atoms with Crippen molar-refractivity contribution in [3.05, 3.63) is 89.1 Å². The number of aryl methyl sites for hydroxylation is 1. The van der Waals surface area contributed by atoms with Crippen molar-refractivity contribution in [3.8, 4) is 0 Å². The van der Waals surface area contributed by atoms with Gasteiger partial charge in [-0.2, -0.15) is 5.10 Å². The van der Waals surface area contributed by atoms with Gasteiger partial charge in [-0.1, -0.05) is 17.7 Å². The third-order valence-corrected chi connectivity index (χ3v) is 6.94. The van der Waals surface area contributed by atoms with Crippen LogP contribution in [0.2, 0.25) is 5.02 Å². The van der Waals surface area contributed by atoms with E-state index in [0.29, 0.717) is 30.0 Å². The predicted molar refractivity (Wildman–Crippen MR) is 127 cm³/mol. The zero-order valence-electron chi connectivity index (χ0n) is 18.4. The van der Waals surface area contributed by atoms with Gasteiger partial charge in [-0.05, 0) is 37.5 Å². The summed E-state index contributed by atoms with van der Waals surface area (Å²) >= 11 is 6.11. The minimum Gasteiger partial charge on any atom is -0.395 e. The second-order valence-electron chi connectivity index (χ2n) is 9.00. The summed E-state index contributed by atoms with van der Waals surface area (Å²) in [5, 5.41) is 14.9. The molecule has 9 heteroatoms. The number of hydrogen-bond acceptors (Lipinski definition) is 5. The standard InChI is InChI=1S/C25H23ClN6O2/c26-18-5-9-31-16-27-21(22(31)10-18)3-4-23(34)17-11-28-32(12-17)14-19-13-30-8-1-2-20(24(30)29-19)25(15-33)6-7-25/h1-2,5,8-13,16,33H,3-4,6-7,14-15H2. The number of carbonyl (C=O) groups is 1. The van der Waals surface area contributed by atoms with Gasteiger partial charge in [-0.15, -0.1) is 0 Å². The molecule has 0 aliphatic heterocycles. The second-order valence-corrected chi connectivity index (χ2v) is 9.44. The molecule has 1 aliphatic rings. The van der Waals surface area contributed by atoms with Crippen LogP contribution in [0.1, 0.15) is 46.6 Å². The molecule has 172 valence electrons. The number of nitrogens with zero attached hydrogens (tertiary/aromatic N) is 6. The summed E-state index contributed by atoms with van der Waals surface area (Å²) < 4.78 is 5.63. The molecule has 0 amide bonds. The van der Waals surface area contributed by atoms with E-state index in [2.05, 4.69) is 16.1 Å². The Hall–Kier alpha value is -3.49. The van der Waals surface area contributed by atoms with Crippen LogP contribution in [0, 0.1) is 0 Å². The van der Waals surface area contributed by atoms with Crippen molar-refractivity contribution in [2.45, 2.75) is 37.6 Å². The van der Waals surface area contributed by atoms with Crippen molar-refractivity contribution in [3.63, 3.8) is 0 Å². The SMILES string of the molecule is O=C(CCc1ncn2ccc(Cl)cc12)c1cnn(Cc2cn3cccc(C4(CO)CC4)c3n2)c1. The molecular weight excluding hydrogens is 452 g/mol. The molecule has 0 atom stereocenters. The van der Waals surface area contributed by atoms with Crippen LogP contribution in [0.4, 0.5) is 0 Å². The van der Waals surface area contributed by atoms with Gasteiger partial charge in [0.05, 0.1) is 48.1 Å². The largest absolute Gasteiger partial charge is 0.395 e. The highest BCUT2D eigenvalue weighted by Crippen LogP contribution is 2.48. The fourth-order valence-electron chi connectivity index (χ4n) is 4.56. The van der Waals surface area contributed by atoms with E-state index in [0.717, 1.165) is 41.0 Å². The smallest absolute Gasteiger partial charge is 0.166 e. The Morgan fingerprint density at radius 2 is 2.06 bits per heavy atom. The maximum atomic E-state index is 12.8. The average Bonchev–Trinajstić information content (AvgIpc) is 3.14. The van der Waals surface area contributed by atoms with Gasteiger partial charge in [0.15, 0.2) is 5.78 Å². The number of halogens is 1. The van der Waals surface area contributed by atoms with Crippen LogP contribution >= 0.6 is 11.6 Å².